The van der Waals surface area contributed by atoms with Crippen LogP contribution in [0.1, 0.15) is 30.2 Å². The molecule has 0 fully saturated rings. The van der Waals surface area contributed by atoms with Crippen molar-refractivity contribution in [3.8, 4) is 11.5 Å². The third-order valence-corrected chi connectivity index (χ3v) is 3.60. The molecule has 0 saturated carbocycles. The monoisotopic (exact) mass is 320 g/mol. The van der Waals surface area contributed by atoms with E-state index in [4.69, 9.17) is 9.47 Å². The van der Waals surface area contributed by atoms with Crippen molar-refractivity contribution in [2.75, 3.05) is 20.8 Å². The average Bonchev–Trinajstić information content (AvgIpc) is 2.58. The van der Waals surface area contributed by atoms with E-state index in [-0.39, 0.29) is 11.9 Å². The van der Waals surface area contributed by atoms with Gasteiger partial charge in [0.25, 0.3) is 0 Å². The summed E-state index contributed by atoms with van der Waals surface area (Å²) < 4.78 is 23.6. The molecule has 1 aromatic carbocycles. The Kier molecular flexibility index (Phi) is 5.90. The Balaban J connectivity index is 2.03. The summed E-state index contributed by atoms with van der Waals surface area (Å²) in [6.45, 7) is 2.18. The zero-order valence-electron chi connectivity index (χ0n) is 13.4. The second-order valence-corrected chi connectivity index (χ2v) is 5.23. The zero-order valence-corrected chi connectivity index (χ0v) is 13.4. The van der Waals surface area contributed by atoms with Crippen LogP contribution in [-0.2, 0) is 0 Å². The van der Waals surface area contributed by atoms with Gasteiger partial charge in [-0.1, -0.05) is 0 Å². The molecule has 0 spiro atoms. The third-order valence-electron chi connectivity index (χ3n) is 3.60. The summed E-state index contributed by atoms with van der Waals surface area (Å²) in [6, 6.07) is 6.53. The van der Waals surface area contributed by atoms with Crippen LogP contribution in [0.25, 0.3) is 0 Å². The van der Waals surface area contributed by atoms with Gasteiger partial charge in [-0.05, 0) is 36.2 Å². The van der Waals surface area contributed by atoms with E-state index < -0.39 is 6.10 Å². The maximum absolute atomic E-state index is 13.2. The number of pyridine rings is 1. The van der Waals surface area contributed by atoms with E-state index in [9.17, 15) is 9.50 Å². The van der Waals surface area contributed by atoms with Crippen LogP contribution in [0.4, 0.5) is 4.39 Å². The first-order valence-electron chi connectivity index (χ1n) is 7.28. The Bertz CT molecular complexity index is 629. The number of aromatic nitrogens is 1. The largest absolute Gasteiger partial charge is 0.497 e. The number of methoxy groups -OCH3 is 2. The Hall–Kier alpha value is -2.18. The molecule has 0 amide bonds. The van der Waals surface area contributed by atoms with Gasteiger partial charge in [0, 0.05) is 24.8 Å². The fraction of sp³-hybridized carbons (Fsp3) is 0.353. The second kappa shape index (κ2) is 7.89. The number of benzene rings is 1. The highest BCUT2D eigenvalue weighted by atomic mass is 19.1. The summed E-state index contributed by atoms with van der Waals surface area (Å²) in [5.74, 6) is 0.843. The van der Waals surface area contributed by atoms with Gasteiger partial charge >= 0.3 is 0 Å². The number of aliphatic hydroxyl groups is 1. The molecular weight excluding hydrogens is 299 g/mol. The Morgan fingerprint density at radius 2 is 1.74 bits per heavy atom. The van der Waals surface area contributed by atoms with Crippen molar-refractivity contribution in [1.82, 2.24) is 10.3 Å². The Morgan fingerprint density at radius 3 is 2.30 bits per heavy atom. The van der Waals surface area contributed by atoms with Crippen LogP contribution >= 0.6 is 0 Å². The van der Waals surface area contributed by atoms with Crippen LogP contribution < -0.4 is 14.8 Å². The van der Waals surface area contributed by atoms with Gasteiger partial charge in [0.2, 0.25) is 0 Å². The summed E-state index contributed by atoms with van der Waals surface area (Å²) >= 11 is 0. The summed E-state index contributed by atoms with van der Waals surface area (Å²) in [5.41, 5.74) is 1.40. The highest BCUT2D eigenvalue weighted by Gasteiger charge is 2.13. The molecule has 0 aliphatic rings. The number of nitrogens with one attached hydrogen (secondary N) is 1. The van der Waals surface area contributed by atoms with Gasteiger partial charge in [-0.15, -0.1) is 0 Å². The summed E-state index contributed by atoms with van der Waals surface area (Å²) in [4.78, 5) is 3.83. The molecule has 0 saturated heterocycles. The molecule has 2 N–H and O–H groups in total. The molecule has 0 aliphatic carbocycles. The Morgan fingerprint density at radius 1 is 1.09 bits per heavy atom. The van der Waals surface area contributed by atoms with Crippen molar-refractivity contribution in [3.63, 3.8) is 0 Å². The number of hydrogen-bond donors (Lipinski definition) is 2. The van der Waals surface area contributed by atoms with Crippen LogP contribution in [-0.4, -0.2) is 30.9 Å². The first-order chi connectivity index (χ1) is 11.0. The van der Waals surface area contributed by atoms with E-state index in [1.54, 1.807) is 38.6 Å². The maximum atomic E-state index is 13.2. The van der Waals surface area contributed by atoms with Crippen LogP contribution in [0, 0.1) is 5.82 Å². The van der Waals surface area contributed by atoms with Gasteiger partial charge in [-0.3, -0.25) is 4.98 Å². The normalized spacial score (nSPS) is 13.4. The second-order valence-electron chi connectivity index (χ2n) is 5.23. The lowest BCUT2D eigenvalue weighted by Crippen LogP contribution is -2.25. The molecule has 6 heteroatoms. The predicted octanol–water partition coefficient (Wildman–Crippen LogP) is 2.62. The molecule has 0 aliphatic heterocycles. The van der Waals surface area contributed by atoms with Crippen molar-refractivity contribution in [2.45, 2.75) is 19.1 Å². The number of ether oxygens (including phenoxy) is 2. The van der Waals surface area contributed by atoms with E-state index in [0.717, 1.165) is 11.8 Å². The first-order valence-corrected chi connectivity index (χ1v) is 7.28. The number of nitrogens with zero attached hydrogens (tertiary/aromatic N) is 1. The lowest BCUT2D eigenvalue weighted by atomic mass is 10.1. The SMILES string of the molecule is COc1cc(OC)cc(C(O)CNC(C)c2cncc(F)c2)c1. The quantitative estimate of drug-likeness (QED) is 0.821. The van der Waals surface area contributed by atoms with Crippen LogP contribution in [0.3, 0.4) is 0 Å². The van der Waals surface area contributed by atoms with Crippen molar-refractivity contribution in [1.29, 1.82) is 0 Å². The molecule has 1 heterocycles. The van der Waals surface area contributed by atoms with E-state index in [2.05, 4.69) is 10.3 Å². The fourth-order valence-electron chi connectivity index (χ4n) is 2.21. The first kappa shape index (κ1) is 17.2. The number of hydrogen-bond acceptors (Lipinski definition) is 5. The highest BCUT2D eigenvalue weighted by molar-refractivity contribution is 5.39. The van der Waals surface area contributed by atoms with Gasteiger partial charge in [-0.25, -0.2) is 4.39 Å². The number of halogens is 1. The van der Waals surface area contributed by atoms with Crippen LogP contribution in [0.2, 0.25) is 0 Å². The summed E-state index contributed by atoms with van der Waals surface area (Å²) in [5, 5.41) is 13.5. The summed E-state index contributed by atoms with van der Waals surface area (Å²) in [6.07, 6.45) is 2.01. The molecule has 2 atom stereocenters. The van der Waals surface area contributed by atoms with Crippen molar-refractivity contribution >= 4 is 0 Å². The lowest BCUT2D eigenvalue weighted by molar-refractivity contribution is 0.170. The molecule has 124 valence electrons. The molecule has 0 bridgehead atoms. The average molecular weight is 320 g/mol. The summed E-state index contributed by atoms with van der Waals surface area (Å²) in [7, 11) is 3.12. The Labute approximate surface area is 135 Å². The molecule has 2 aromatic rings. The van der Waals surface area contributed by atoms with Crippen LogP contribution in [0.15, 0.2) is 36.7 Å². The molecule has 23 heavy (non-hydrogen) atoms. The minimum absolute atomic E-state index is 0.139. The maximum Gasteiger partial charge on any atom is 0.141 e. The van der Waals surface area contributed by atoms with Crippen molar-refractivity contribution in [3.05, 3.63) is 53.6 Å². The van der Waals surface area contributed by atoms with Gasteiger partial charge in [0.05, 0.1) is 26.5 Å². The highest BCUT2D eigenvalue weighted by Crippen LogP contribution is 2.26. The third kappa shape index (κ3) is 4.64. The van der Waals surface area contributed by atoms with Gasteiger partial charge in [0.1, 0.15) is 17.3 Å². The molecule has 2 unspecified atom stereocenters. The van der Waals surface area contributed by atoms with E-state index in [0.29, 0.717) is 23.6 Å². The van der Waals surface area contributed by atoms with Gasteiger partial charge < -0.3 is 19.9 Å². The van der Waals surface area contributed by atoms with Gasteiger partial charge in [0.15, 0.2) is 0 Å². The molecule has 1 aromatic heterocycles. The molecule has 0 radical (unpaired) electrons. The smallest absolute Gasteiger partial charge is 0.141 e. The van der Waals surface area contributed by atoms with E-state index in [1.807, 2.05) is 6.92 Å². The number of aliphatic hydroxyl groups excluding tert-OH is 1. The molecule has 2 rings (SSSR count). The van der Waals surface area contributed by atoms with Crippen molar-refractivity contribution in [2.24, 2.45) is 0 Å². The molecule has 5 nitrogen and oxygen atoms in total. The van der Waals surface area contributed by atoms with Crippen LogP contribution in [0.5, 0.6) is 11.5 Å². The standard InChI is InChI=1S/C17H21FN2O3/c1-11(13-4-14(18)9-19-8-13)20-10-17(21)12-5-15(22-2)7-16(6-12)23-3/h4-9,11,17,20-21H,10H2,1-3H3. The van der Waals surface area contributed by atoms with Gasteiger partial charge in [-0.2, -0.15) is 0 Å². The zero-order chi connectivity index (χ0) is 16.8. The van der Waals surface area contributed by atoms with E-state index in [1.165, 1.54) is 6.07 Å². The van der Waals surface area contributed by atoms with E-state index >= 15 is 0 Å². The topological polar surface area (TPSA) is 63.6 Å². The lowest BCUT2D eigenvalue weighted by Gasteiger charge is -2.18. The minimum Gasteiger partial charge on any atom is -0.497 e. The van der Waals surface area contributed by atoms with Crippen molar-refractivity contribution < 1.29 is 19.0 Å². The fourth-order valence-corrected chi connectivity index (χ4v) is 2.21. The molecular formula is C17H21FN2O3. The minimum atomic E-state index is -0.747. The number of rotatable bonds is 7. The predicted molar refractivity (Wildman–Crippen MR) is 85.1 cm³/mol.